The van der Waals surface area contributed by atoms with Gasteiger partial charge in [-0.3, -0.25) is 4.68 Å². The molecule has 0 radical (unpaired) electrons. The molecule has 1 aromatic rings. The molecule has 13 heavy (non-hydrogen) atoms. The molecule has 74 valence electrons. The third-order valence-corrected chi connectivity index (χ3v) is 3.94. The van der Waals surface area contributed by atoms with Crippen LogP contribution in [-0.4, -0.2) is 29.7 Å². The van der Waals surface area contributed by atoms with Gasteiger partial charge in [-0.15, -0.1) is 0 Å². The summed E-state index contributed by atoms with van der Waals surface area (Å²) in [4.78, 5) is 0. The van der Waals surface area contributed by atoms with Gasteiger partial charge in [0.05, 0.1) is 12.3 Å². The first-order chi connectivity index (χ1) is 6.03. The summed E-state index contributed by atoms with van der Waals surface area (Å²) in [5.41, 5.74) is 0. The van der Waals surface area contributed by atoms with E-state index in [9.17, 15) is 8.42 Å². The number of rotatable bonds is 4. The summed E-state index contributed by atoms with van der Waals surface area (Å²) in [7, 11) is -2.87. The van der Waals surface area contributed by atoms with Crippen molar-refractivity contribution in [3.05, 3.63) is 16.0 Å². The Labute approximate surface area is 91.4 Å². The summed E-state index contributed by atoms with van der Waals surface area (Å²) in [5.74, 6) is 0.368. The van der Waals surface area contributed by atoms with Crippen LogP contribution in [0.15, 0.2) is 12.3 Å². The molecule has 0 aliphatic rings. The van der Waals surface area contributed by atoms with Crippen LogP contribution in [0.4, 0.5) is 0 Å². The monoisotopic (exact) mass is 314 g/mol. The average Bonchev–Trinajstić information content (AvgIpc) is 2.48. The SMILES string of the molecule is CCS(=O)(=O)CCn1ccc(I)n1. The Morgan fingerprint density at radius 1 is 1.62 bits per heavy atom. The van der Waals surface area contributed by atoms with E-state index in [4.69, 9.17) is 0 Å². The van der Waals surface area contributed by atoms with Crippen molar-refractivity contribution in [2.45, 2.75) is 13.5 Å². The van der Waals surface area contributed by atoms with Gasteiger partial charge in [-0.05, 0) is 28.7 Å². The van der Waals surface area contributed by atoms with Crippen molar-refractivity contribution in [1.82, 2.24) is 9.78 Å². The predicted molar refractivity (Wildman–Crippen MR) is 59.3 cm³/mol. The van der Waals surface area contributed by atoms with E-state index in [1.54, 1.807) is 17.8 Å². The van der Waals surface area contributed by atoms with Crippen molar-refractivity contribution >= 4 is 32.4 Å². The number of hydrogen-bond acceptors (Lipinski definition) is 3. The number of aryl methyl sites for hydroxylation is 1. The summed E-state index contributed by atoms with van der Waals surface area (Å²) < 4.78 is 24.8. The smallest absolute Gasteiger partial charge is 0.151 e. The van der Waals surface area contributed by atoms with Crippen molar-refractivity contribution in [3.8, 4) is 0 Å². The molecule has 0 saturated heterocycles. The fourth-order valence-electron chi connectivity index (χ4n) is 0.838. The highest BCUT2D eigenvalue weighted by Crippen LogP contribution is 2.00. The number of hydrogen-bond donors (Lipinski definition) is 0. The van der Waals surface area contributed by atoms with Gasteiger partial charge in [0.1, 0.15) is 3.70 Å². The summed E-state index contributed by atoms with van der Waals surface area (Å²) in [5, 5.41) is 4.09. The molecule has 1 aromatic heterocycles. The highest BCUT2D eigenvalue weighted by Gasteiger charge is 2.07. The summed E-state index contributed by atoms with van der Waals surface area (Å²) >= 11 is 2.09. The zero-order valence-electron chi connectivity index (χ0n) is 7.27. The van der Waals surface area contributed by atoms with Gasteiger partial charge in [-0.25, -0.2) is 8.42 Å². The standard InChI is InChI=1S/C7H11IN2O2S/c1-2-13(11,12)6-5-10-4-3-7(8)9-10/h3-4H,2,5-6H2,1H3. The largest absolute Gasteiger partial charge is 0.271 e. The van der Waals surface area contributed by atoms with E-state index in [1.165, 1.54) is 0 Å². The molecule has 0 spiro atoms. The molecule has 4 nitrogen and oxygen atoms in total. The molecule has 0 saturated carbocycles. The number of aromatic nitrogens is 2. The van der Waals surface area contributed by atoms with Crippen molar-refractivity contribution in [3.63, 3.8) is 0 Å². The lowest BCUT2D eigenvalue weighted by molar-refractivity contribution is 0.581. The minimum absolute atomic E-state index is 0.168. The normalized spacial score (nSPS) is 11.8. The number of sulfone groups is 1. The molecule has 0 atom stereocenters. The Kier molecular flexibility index (Phi) is 3.72. The summed E-state index contributed by atoms with van der Waals surface area (Å²) in [6, 6.07) is 1.85. The first-order valence-electron chi connectivity index (χ1n) is 3.93. The van der Waals surface area contributed by atoms with Crippen LogP contribution in [0, 0.1) is 3.70 Å². The summed E-state index contributed by atoms with van der Waals surface area (Å²) in [6.45, 7) is 2.10. The van der Waals surface area contributed by atoms with Crippen LogP contribution in [0.2, 0.25) is 0 Å². The van der Waals surface area contributed by atoms with Crippen LogP contribution < -0.4 is 0 Å². The highest BCUT2D eigenvalue weighted by atomic mass is 127. The zero-order chi connectivity index (χ0) is 9.90. The first kappa shape index (κ1) is 11.0. The molecule has 0 aliphatic heterocycles. The van der Waals surface area contributed by atoms with E-state index >= 15 is 0 Å². The van der Waals surface area contributed by atoms with Gasteiger partial charge in [0, 0.05) is 11.9 Å². The Hall–Kier alpha value is -0.110. The highest BCUT2D eigenvalue weighted by molar-refractivity contribution is 14.1. The predicted octanol–water partition coefficient (Wildman–Crippen LogP) is 0.922. The maximum absolute atomic E-state index is 11.1. The van der Waals surface area contributed by atoms with Crippen LogP contribution in [0.3, 0.4) is 0 Å². The van der Waals surface area contributed by atoms with Gasteiger partial charge in [0.25, 0.3) is 0 Å². The van der Waals surface area contributed by atoms with Gasteiger partial charge in [0.2, 0.25) is 0 Å². The van der Waals surface area contributed by atoms with Gasteiger partial charge in [-0.1, -0.05) is 6.92 Å². The second-order valence-electron chi connectivity index (χ2n) is 2.64. The van der Waals surface area contributed by atoms with Crippen molar-refractivity contribution in [2.75, 3.05) is 11.5 Å². The molecular formula is C7H11IN2O2S. The van der Waals surface area contributed by atoms with E-state index in [0.29, 0.717) is 6.54 Å². The third kappa shape index (κ3) is 3.63. The first-order valence-corrected chi connectivity index (χ1v) is 6.83. The van der Waals surface area contributed by atoms with Gasteiger partial charge in [-0.2, -0.15) is 5.10 Å². The van der Waals surface area contributed by atoms with Crippen molar-refractivity contribution in [2.24, 2.45) is 0 Å². The van der Waals surface area contributed by atoms with E-state index in [1.807, 2.05) is 6.07 Å². The molecule has 0 unspecified atom stereocenters. The molecule has 0 bridgehead atoms. The lowest BCUT2D eigenvalue weighted by atomic mass is 10.7. The van der Waals surface area contributed by atoms with Gasteiger partial charge in [0.15, 0.2) is 9.84 Å². The van der Waals surface area contributed by atoms with Gasteiger partial charge < -0.3 is 0 Å². The lowest BCUT2D eigenvalue weighted by Crippen LogP contribution is -2.14. The van der Waals surface area contributed by atoms with Crippen LogP contribution in [0.5, 0.6) is 0 Å². The summed E-state index contributed by atoms with van der Waals surface area (Å²) in [6.07, 6.45) is 1.78. The molecule has 1 heterocycles. The fourth-order valence-corrected chi connectivity index (χ4v) is 2.03. The maximum atomic E-state index is 11.1. The molecule has 0 aliphatic carbocycles. The van der Waals surface area contributed by atoms with Crippen LogP contribution in [0.25, 0.3) is 0 Å². The zero-order valence-corrected chi connectivity index (χ0v) is 10.2. The maximum Gasteiger partial charge on any atom is 0.151 e. The molecule has 0 fully saturated rings. The van der Waals surface area contributed by atoms with E-state index in [-0.39, 0.29) is 11.5 Å². The van der Waals surface area contributed by atoms with Crippen LogP contribution >= 0.6 is 22.6 Å². The van der Waals surface area contributed by atoms with Crippen molar-refractivity contribution in [1.29, 1.82) is 0 Å². The van der Waals surface area contributed by atoms with Crippen molar-refractivity contribution < 1.29 is 8.42 Å². The van der Waals surface area contributed by atoms with E-state index in [0.717, 1.165) is 3.70 Å². The Morgan fingerprint density at radius 2 is 2.31 bits per heavy atom. The number of nitrogens with zero attached hydrogens (tertiary/aromatic N) is 2. The van der Waals surface area contributed by atoms with Gasteiger partial charge >= 0.3 is 0 Å². The van der Waals surface area contributed by atoms with Crippen LogP contribution in [-0.2, 0) is 16.4 Å². The topological polar surface area (TPSA) is 52.0 Å². The second kappa shape index (κ2) is 4.41. The average molecular weight is 314 g/mol. The number of halogens is 1. The minimum atomic E-state index is -2.87. The van der Waals surface area contributed by atoms with E-state index < -0.39 is 9.84 Å². The molecule has 0 N–H and O–H groups in total. The Bertz CT molecular complexity index is 372. The van der Waals surface area contributed by atoms with Crippen LogP contribution in [0.1, 0.15) is 6.92 Å². The molecule has 0 amide bonds. The lowest BCUT2D eigenvalue weighted by Gasteiger charge is -2.00. The molecule has 0 aromatic carbocycles. The third-order valence-electron chi connectivity index (χ3n) is 1.68. The van der Waals surface area contributed by atoms with E-state index in [2.05, 4.69) is 27.7 Å². The Morgan fingerprint density at radius 3 is 2.77 bits per heavy atom. The molecule has 6 heteroatoms. The molecule has 1 rings (SSSR count). The molecular weight excluding hydrogens is 303 g/mol. The Balaban J connectivity index is 2.53. The second-order valence-corrected chi connectivity index (χ2v) is 6.22. The quantitative estimate of drug-likeness (QED) is 0.777. The minimum Gasteiger partial charge on any atom is -0.271 e. The fraction of sp³-hybridized carbons (Fsp3) is 0.571.